The van der Waals surface area contributed by atoms with Crippen LogP contribution in [0.3, 0.4) is 0 Å². The molecule has 210 valence electrons. The third kappa shape index (κ3) is 6.48. The van der Waals surface area contributed by atoms with Crippen molar-refractivity contribution in [3.8, 4) is 0 Å². The summed E-state index contributed by atoms with van der Waals surface area (Å²) in [7, 11) is 0. The van der Waals surface area contributed by atoms with Gasteiger partial charge in [0.25, 0.3) is 5.91 Å². The van der Waals surface area contributed by atoms with E-state index in [0.29, 0.717) is 39.7 Å². The Morgan fingerprint density at radius 3 is 2.20 bits per heavy atom. The maximum atomic E-state index is 14.2. The van der Waals surface area contributed by atoms with E-state index in [1.54, 1.807) is 35.2 Å². The quantitative estimate of drug-likeness (QED) is 0.205. The van der Waals surface area contributed by atoms with Crippen molar-refractivity contribution >= 4 is 35.0 Å². The zero-order chi connectivity index (χ0) is 28.8. The summed E-state index contributed by atoms with van der Waals surface area (Å²) in [5, 5.41) is 14.6. The highest BCUT2D eigenvalue weighted by molar-refractivity contribution is 6.35. The predicted molar refractivity (Wildman–Crippen MR) is 163 cm³/mol. The molecule has 1 aliphatic heterocycles. The van der Waals surface area contributed by atoms with Crippen LogP contribution in [0.2, 0.25) is 10.0 Å². The summed E-state index contributed by atoms with van der Waals surface area (Å²) in [4.78, 5) is 29.9. The molecule has 5 rings (SSSR count). The Morgan fingerprint density at radius 2 is 1.51 bits per heavy atom. The molecule has 0 saturated heterocycles. The molecule has 0 spiro atoms. The van der Waals surface area contributed by atoms with Gasteiger partial charge in [-0.15, -0.1) is 0 Å². The lowest BCUT2D eigenvalue weighted by atomic mass is 9.78. The average molecular weight is 588 g/mol. The van der Waals surface area contributed by atoms with Crippen molar-refractivity contribution in [2.45, 2.75) is 37.3 Å². The van der Waals surface area contributed by atoms with Crippen LogP contribution in [0.5, 0.6) is 0 Å². The third-order valence-corrected chi connectivity index (χ3v) is 8.20. The number of fused-ring (bicyclic) bond motifs is 1. The van der Waals surface area contributed by atoms with Gasteiger partial charge in [-0.25, -0.2) is 0 Å². The summed E-state index contributed by atoms with van der Waals surface area (Å²) < 4.78 is 0. The van der Waals surface area contributed by atoms with E-state index in [4.69, 9.17) is 23.2 Å². The minimum atomic E-state index is -0.753. The summed E-state index contributed by atoms with van der Waals surface area (Å²) in [6.45, 7) is 0.199. The van der Waals surface area contributed by atoms with Crippen molar-refractivity contribution in [1.29, 1.82) is 0 Å². The SMILES string of the molecule is O=C(NCCCc1ccccc1)[C@@H]1c2ccccc2C(=O)N(C(CO)Cc2ccccc2)[C@H]1c1ccc(Cl)cc1Cl. The van der Waals surface area contributed by atoms with Crippen molar-refractivity contribution in [2.75, 3.05) is 13.2 Å². The molecule has 1 unspecified atom stereocenters. The zero-order valence-corrected chi connectivity index (χ0v) is 24.1. The van der Waals surface area contributed by atoms with E-state index in [1.165, 1.54) is 5.56 Å². The molecule has 4 aromatic carbocycles. The number of nitrogens with zero attached hydrogens (tertiary/aromatic N) is 1. The summed E-state index contributed by atoms with van der Waals surface area (Å²) >= 11 is 13.0. The van der Waals surface area contributed by atoms with Crippen LogP contribution >= 0.6 is 23.2 Å². The fourth-order valence-electron chi connectivity index (χ4n) is 5.70. The number of rotatable bonds is 10. The molecule has 7 heteroatoms. The minimum Gasteiger partial charge on any atom is -0.394 e. The van der Waals surface area contributed by atoms with E-state index in [0.717, 1.165) is 18.4 Å². The number of amides is 2. The Kier molecular flexibility index (Phi) is 9.40. The first-order valence-corrected chi connectivity index (χ1v) is 14.6. The van der Waals surface area contributed by atoms with Gasteiger partial charge in [-0.2, -0.15) is 0 Å². The third-order valence-electron chi connectivity index (χ3n) is 7.64. The summed E-state index contributed by atoms with van der Waals surface area (Å²) in [5.41, 5.74) is 3.88. The van der Waals surface area contributed by atoms with Gasteiger partial charge in [0.1, 0.15) is 0 Å². The Hall–Kier alpha value is -3.64. The monoisotopic (exact) mass is 586 g/mol. The fraction of sp³-hybridized carbons (Fsp3) is 0.235. The molecule has 0 aromatic heterocycles. The number of aliphatic hydroxyl groups is 1. The van der Waals surface area contributed by atoms with Gasteiger partial charge in [-0.3, -0.25) is 9.59 Å². The highest BCUT2D eigenvalue weighted by atomic mass is 35.5. The van der Waals surface area contributed by atoms with Crippen LogP contribution < -0.4 is 5.32 Å². The maximum Gasteiger partial charge on any atom is 0.255 e. The number of nitrogens with one attached hydrogen (secondary N) is 1. The predicted octanol–water partition coefficient (Wildman–Crippen LogP) is 6.63. The number of aliphatic hydroxyl groups excluding tert-OH is 1. The van der Waals surface area contributed by atoms with Crippen molar-refractivity contribution in [1.82, 2.24) is 10.2 Å². The summed E-state index contributed by atoms with van der Waals surface area (Å²) in [5.74, 6) is -1.20. The van der Waals surface area contributed by atoms with Crippen LogP contribution in [0.4, 0.5) is 0 Å². The molecular formula is C34H32Cl2N2O3. The molecule has 0 aliphatic carbocycles. The van der Waals surface area contributed by atoms with E-state index in [9.17, 15) is 14.7 Å². The molecule has 41 heavy (non-hydrogen) atoms. The molecule has 5 nitrogen and oxygen atoms in total. The van der Waals surface area contributed by atoms with Gasteiger partial charge in [0.2, 0.25) is 5.91 Å². The molecule has 1 aliphatic rings. The molecule has 1 heterocycles. The van der Waals surface area contributed by atoms with Gasteiger partial charge in [-0.05, 0) is 59.7 Å². The lowest BCUT2D eigenvalue weighted by Crippen LogP contribution is -2.53. The van der Waals surface area contributed by atoms with Crippen LogP contribution in [-0.2, 0) is 17.6 Å². The molecule has 4 aromatic rings. The number of carbonyl (C=O) groups is 2. The fourth-order valence-corrected chi connectivity index (χ4v) is 6.22. The first-order valence-electron chi connectivity index (χ1n) is 13.8. The van der Waals surface area contributed by atoms with E-state index < -0.39 is 18.0 Å². The maximum absolute atomic E-state index is 14.2. The van der Waals surface area contributed by atoms with Gasteiger partial charge in [-0.1, -0.05) is 108 Å². The topological polar surface area (TPSA) is 69.6 Å². The first-order chi connectivity index (χ1) is 20.0. The van der Waals surface area contributed by atoms with Crippen LogP contribution in [0, 0.1) is 0 Å². The Labute approximate surface area is 250 Å². The van der Waals surface area contributed by atoms with Crippen molar-refractivity contribution in [3.63, 3.8) is 0 Å². The van der Waals surface area contributed by atoms with E-state index in [2.05, 4.69) is 17.4 Å². The minimum absolute atomic E-state index is 0.199. The number of benzene rings is 4. The van der Waals surface area contributed by atoms with Gasteiger partial charge >= 0.3 is 0 Å². The van der Waals surface area contributed by atoms with Gasteiger partial charge in [0, 0.05) is 22.2 Å². The van der Waals surface area contributed by atoms with Crippen molar-refractivity contribution < 1.29 is 14.7 Å². The summed E-state index contributed by atoms with van der Waals surface area (Å²) in [6.07, 6.45) is 2.02. The molecule has 2 N–H and O–H groups in total. The van der Waals surface area contributed by atoms with Crippen molar-refractivity contribution in [3.05, 3.63) is 141 Å². The lowest BCUT2D eigenvalue weighted by Gasteiger charge is -2.45. The second-order valence-electron chi connectivity index (χ2n) is 10.3. The van der Waals surface area contributed by atoms with Gasteiger partial charge in [0.15, 0.2) is 0 Å². The largest absolute Gasteiger partial charge is 0.394 e. The number of carbonyl (C=O) groups excluding carboxylic acids is 2. The van der Waals surface area contributed by atoms with Crippen LogP contribution in [-0.4, -0.2) is 41.0 Å². The molecule has 0 radical (unpaired) electrons. The van der Waals surface area contributed by atoms with E-state index in [1.807, 2.05) is 60.7 Å². The van der Waals surface area contributed by atoms with Crippen LogP contribution in [0.25, 0.3) is 0 Å². The Balaban J connectivity index is 1.53. The first kappa shape index (κ1) is 28.9. The smallest absolute Gasteiger partial charge is 0.255 e. The normalized spacial score (nSPS) is 17.1. The van der Waals surface area contributed by atoms with E-state index >= 15 is 0 Å². The molecule has 2 amide bonds. The summed E-state index contributed by atoms with van der Waals surface area (Å²) in [6, 6.07) is 30.8. The second kappa shape index (κ2) is 13.3. The number of aryl methyl sites for hydroxylation is 1. The highest BCUT2D eigenvalue weighted by Crippen LogP contribution is 2.46. The molecular weight excluding hydrogens is 555 g/mol. The van der Waals surface area contributed by atoms with Crippen molar-refractivity contribution in [2.24, 2.45) is 0 Å². The molecule has 0 fully saturated rings. The van der Waals surface area contributed by atoms with Gasteiger partial charge in [0.05, 0.1) is 24.6 Å². The average Bonchev–Trinajstić information content (AvgIpc) is 2.99. The number of hydrogen-bond donors (Lipinski definition) is 2. The van der Waals surface area contributed by atoms with E-state index in [-0.39, 0.29) is 18.4 Å². The van der Waals surface area contributed by atoms with Crippen LogP contribution in [0.1, 0.15) is 51.0 Å². The lowest BCUT2D eigenvalue weighted by molar-refractivity contribution is -0.124. The Bertz CT molecular complexity index is 1500. The number of hydrogen-bond acceptors (Lipinski definition) is 3. The zero-order valence-electron chi connectivity index (χ0n) is 22.5. The van der Waals surface area contributed by atoms with Gasteiger partial charge < -0.3 is 15.3 Å². The standard InChI is InChI=1S/C34H32Cl2N2O3/c35-25-17-18-29(30(36)21-25)32-31(33(40)37-19-9-14-23-10-3-1-4-11-23)27-15-7-8-16-28(27)34(41)38(32)26(22-39)20-24-12-5-2-6-13-24/h1-8,10-13,15-18,21,26,31-32,39H,9,14,19-20,22H2,(H,37,40)/t26?,31-,32+/m1/s1. The number of halogens is 2. The molecule has 3 atom stereocenters. The Morgan fingerprint density at radius 1 is 0.854 bits per heavy atom. The highest BCUT2D eigenvalue weighted by Gasteiger charge is 2.47. The second-order valence-corrected chi connectivity index (χ2v) is 11.1. The van der Waals surface area contributed by atoms with Crippen LogP contribution in [0.15, 0.2) is 103 Å². The molecule has 0 bridgehead atoms. The molecule has 0 saturated carbocycles.